The van der Waals surface area contributed by atoms with Gasteiger partial charge in [0, 0.05) is 25.1 Å². The standard InChI is InChI=1S/C15H17NO2/c1-15-8-7-11(17)14(18-15)13-12(15)9-5-3-4-6-10(9)16(13)2/h3-6,12-14H,7-8H2,1-2H3/t12-,13+,14-,15+/m0/s1. The molecule has 0 amide bonds. The van der Waals surface area contributed by atoms with Crippen molar-refractivity contribution in [1.29, 1.82) is 0 Å². The molecule has 0 spiro atoms. The summed E-state index contributed by atoms with van der Waals surface area (Å²) in [5.41, 5.74) is 2.45. The minimum absolute atomic E-state index is 0.163. The molecular formula is C15H17NO2. The van der Waals surface area contributed by atoms with Gasteiger partial charge >= 0.3 is 0 Å². The van der Waals surface area contributed by atoms with E-state index in [1.165, 1.54) is 11.3 Å². The smallest absolute Gasteiger partial charge is 0.163 e. The van der Waals surface area contributed by atoms with E-state index in [4.69, 9.17) is 4.74 Å². The van der Waals surface area contributed by atoms with E-state index >= 15 is 0 Å². The minimum atomic E-state index is -0.230. The number of carbonyl (C=O) groups excluding carboxylic acids is 1. The summed E-state index contributed by atoms with van der Waals surface area (Å²) in [6.45, 7) is 2.17. The van der Waals surface area contributed by atoms with Crippen LogP contribution in [0.3, 0.4) is 0 Å². The molecule has 4 rings (SSSR count). The first-order valence-corrected chi connectivity index (χ1v) is 6.64. The summed E-state index contributed by atoms with van der Waals surface area (Å²) in [5.74, 6) is 0.620. The number of para-hydroxylation sites is 1. The highest BCUT2D eigenvalue weighted by Crippen LogP contribution is 2.57. The number of nitrogens with zero attached hydrogens (tertiary/aromatic N) is 1. The Morgan fingerprint density at radius 1 is 1.39 bits per heavy atom. The number of hydrogen-bond acceptors (Lipinski definition) is 3. The molecular weight excluding hydrogens is 226 g/mol. The molecule has 0 N–H and O–H groups in total. The second kappa shape index (κ2) is 3.15. The molecule has 2 fully saturated rings. The van der Waals surface area contributed by atoms with E-state index in [2.05, 4.69) is 43.1 Å². The van der Waals surface area contributed by atoms with Crippen LogP contribution < -0.4 is 4.90 Å². The average Bonchev–Trinajstić information content (AvgIpc) is 2.81. The van der Waals surface area contributed by atoms with Crippen LogP contribution in [0.2, 0.25) is 0 Å². The lowest BCUT2D eigenvalue weighted by molar-refractivity contribution is -0.144. The van der Waals surface area contributed by atoms with Crippen LogP contribution in [0.25, 0.3) is 0 Å². The molecule has 2 bridgehead atoms. The second-order valence-electron chi connectivity index (χ2n) is 5.96. The predicted molar refractivity (Wildman–Crippen MR) is 68.9 cm³/mol. The first-order valence-electron chi connectivity index (χ1n) is 6.64. The second-order valence-corrected chi connectivity index (χ2v) is 5.96. The molecule has 1 aromatic rings. The van der Waals surface area contributed by atoms with Crippen molar-refractivity contribution in [3.63, 3.8) is 0 Å². The highest BCUT2D eigenvalue weighted by Gasteiger charge is 2.62. The van der Waals surface area contributed by atoms with Crippen LogP contribution in [0.15, 0.2) is 24.3 Å². The lowest BCUT2D eigenvalue weighted by Crippen LogP contribution is -2.42. The van der Waals surface area contributed by atoms with Crippen molar-refractivity contribution < 1.29 is 9.53 Å². The molecule has 3 heterocycles. The van der Waals surface area contributed by atoms with Gasteiger partial charge in [-0.1, -0.05) is 18.2 Å². The molecule has 3 heteroatoms. The molecule has 4 atom stereocenters. The van der Waals surface area contributed by atoms with E-state index in [9.17, 15) is 4.79 Å². The Morgan fingerprint density at radius 2 is 2.17 bits per heavy atom. The molecule has 0 radical (unpaired) electrons. The molecule has 3 nitrogen and oxygen atoms in total. The topological polar surface area (TPSA) is 29.5 Å². The van der Waals surface area contributed by atoms with Crippen LogP contribution in [0.5, 0.6) is 0 Å². The Hall–Kier alpha value is -1.35. The van der Waals surface area contributed by atoms with Crippen LogP contribution in [0.4, 0.5) is 5.69 Å². The molecule has 1 aromatic carbocycles. The van der Waals surface area contributed by atoms with Crippen LogP contribution in [-0.4, -0.2) is 30.6 Å². The van der Waals surface area contributed by atoms with E-state index in [0.717, 1.165) is 6.42 Å². The monoisotopic (exact) mass is 243 g/mol. The molecule has 3 aliphatic heterocycles. The first kappa shape index (κ1) is 10.6. The van der Waals surface area contributed by atoms with Crippen LogP contribution >= 0.6 is 0 Å². The van der Waals surface area contributed by atoms with Crippen molar-refractivity contribution in [2.75, 3.05) is 11.9 Å². The quantitative estimate of drug-likeness (QED) is 0.699. The molecule has 0 aromatic heterocycles. The van der Waals surface area contributed by atoms with Gasteiger partial charge in [0.1, 0.15) is 6.10 Å². The van der Waals surface area contributed by atoms with Crippen LogP contribution in [0.1, 0.15) is 31.2 Å². The molecule has 0 saturated carbocycles. The summed E-state index contributed by atoms with van der Waals surface area (Å²) >= 11 is 0. The number of Topliss-reactive ketones (excluding diaryl/α,β-unsaturated/α-hetero) is 1. The minimum Gasteiger partial charge on any atom is -0.368 e. The van der Waals surface area contributed by atoms with Crippen LogP contribution in [-0.2, 0) is 9.53 Å². The zero-order chi connectivity index (χ0) is 12.5. The fourth-order valence-corrected chi connectivity index (χ4v) is 4.13. The number of benzene rings is 1. The van der Waals surface area contributed by atoms with E-state index in [-0.39, 0.29) is 23.5 Å². The Morgan fingerprint density at radius 3 is 3.00 bits per heavy atom. The summed E-state index contributed by atoms with van der Waals surface area (Å²) in [6.07, 6.45) is 1.29. The van der Waals surface area contributed by atoms with Gasteiger partial charge in [0.05, 0.1) is 11.6 Å². The van der Waals surface area contributed by atoms with Gasteiger partial charge in [-0.3, -0.25) is 4.79 Å². The number of ether oxygens (including phenoxy) is 1. The van der Waals surface area contributed by atoms with E-state index in [1.807, 2.05) is 0 Å². The Bertz CT molecular complexity index is 541. The Balaban J connectivity index is 1.91. The van der Waals surface area contributed by atoms with E-state index in [0.29, 0.717) is 12.3 Å². The molecule has 94 valence electrons. The highest BCUT2D eigenvalue weighted by molar-refractivity contribution is 5.87. The SMILES string of the molecule is CN1c2ccccc2[C@H]2[C@@H]1[C@H]1O[C@]2(C)CCC1=O. The fraction of sp³-hybridized carbons (Fsp3) is 0.533. The number of hydrogen-bond donors (Lipinski definition) is 0. The van der Waals surface area contributed by atoms with Crippen molar-refractivity contribution in [3.05, 3.63) is 29.8 Å². The van der Waals surface area contributed by atoms with Crippen molar-refractivity contribution in [2.24, 2.45) is 0 Å². The third-order valence-electron chi connectivity index (χ3n) is 4.99. The number of carbonyl (C=O) groups is 1. The van der Waals surface area contributed by atoms with Gasteiger partial charge in [-0.05, 0) is 25.0 Å². The zero-order valence-electron chi connectivity index (χ0n) is 10.7. The Kier molecular flexibility index (Phi) is 1.85. The number of fused-ring (bicyclic) bond motifs is 7. The predicted octanol–water partition coefficient (Wildman–Crippen LogP) is 2.11. The third kappa shape index (κ3) is 1.06. The largest absolute Gasteiger partial charge is 0.368 e. The molecule has 2 saturated heterocycles. The highest BCUT2D eigenvalue weighted by atomic mass is 16.5. The van der Waals surface area contributed by atoms with Gasteiger partial charge < -0.3 is 9.64 Å². The molecule has 0 unspecified atom stereocenters. The number of ketones is 1. The van der Waals surface area contributed by atoms with Crippen LogP contribution in [0, 0.1) is 0 Å². The summed E-state index contributed by atoms with van der Waals surface area (Å²) < 4.78 is 6.10. The molecule has 0 aliphatic carbocycles. The summed E-state index contributed by atoms with van der Waals surface area (Å²) in [7, 11) is 2.09. The number of rotatable bonds is 0. The number of anilines is 1. The van der Waals surface area contributed by atoms with Crippen molar-refractivity contribution in [1.82, 2.24) is 0 Å². The van der Waals surface area contributed by atoms with Gasteiger partial charge in [-0.2, -0.15) is 0 Å². The van der Waals surface area contributed by atoms with E-state index < -0.39 is 0 Å². The van der Waals surface area contributed by atoms with Gasteiger partial charge in [-0.15, -0.1) is 0 Å². The molecule has 18 heavy (non-hydrogen) atoms. The van der Waals surface area contributed by atoms with Gasteiger partial charge in [-0.25, -0.2) is 0 Å². The van der Waals surface area contributed by atoms with Crippen molar-refractivity contribution in [2.45, 2.75) is 43.4 Å². The summed E-state index contributed by atoms with van der Waals surface area (Å²) in [5, 5.41) is 0. The normalized spacial score (nSPS) is 40.9. The van der Waals surface area contributed by atoms with Gasteiger partial charge in [0.2, 0.25) is 0 Å². The van der Waals surface area contributed by atoms with Gasteiger partial charge in [0.15, 0.2) is 5.78 Å². The number of likely N-dealkylation sites (N-methyl/N-ethyl adjacent to an activating group) is 1. The van der Waals surface area contributed by atoms with E-state index in [1.54, 1.807) is 0 Å². The maximum Gasteiger partial charge on any atom is 0.163 e. The summed E-state index contributed by atoms with van der Waals surface area (Å²) in [4.78, 5) is 14.3. The maximum atomic E-state index is 12.1. The average molecular weight is 243 g/mol. The van der Waals surface area contributed by atoms with Crippen molar-refractivity contribution >= 4 is 11.5 Å². The third-order valence-corrected chi connectivity index (χ3v) is 4.99. The Labute approximate surface area is 107 Å². The lowest BCUT2D eigenvalue weighted by Gasteiger charge is -2.33. The summed E-state index contributed by atoms with van der Waals surface area (Å²) in [6, 6.07) is 8.69. The fourth-order valence-electron chi connectivity index (χ4n) is 4.13. The van der Waals surface area contributed by atoms with Crippen molar-refractivity contribution in [3.8, 4) is 0 Å². The maximum absolute atomic E-state index is 12.1. The zero-order valence-corrected chi connectivity index (χ0v) is 10.7. The molecule has 3 aliphatic rings. The van der Waals surface area contributed by atoms with Gasteiger partial charge in [0.25, 0.3) is 0 Å². The lowest BCUT2D eigenvalue weighted by atomic mass is 9.81. The first-order chi connectivity index (χ1) is 8.62.